The molecule has 0 bridgehead atoms. The Hall–Kier alpha value is -13.8. The van der Waals surface area contributed by atoms with Gasteiger partial charge in [-0.1, -0.05) is 322 Å². The largest absolute Gasteiger partial charge is 0.311 e. The average Bonchev–Trinajstić information content (AvgIpc) is 1.54. The summed E-state index contributed by atoms with van der Waals surface area (Å²) in [6.07, 6.45) is 0. The molecule has 0 radical (unpaired) electrons. The zero-order valence-corrected chi connectivity index (χ0v) is 59.2. The Morgan fingerprint density at radius 1 is 0.202 bits per heavy atom. The second-order valence-electron chi connectivity index (χ2n) is 31.0. The molecule has 109 heavy (non-hydrogen) atoms. The van der Waals surface area contributed by atoms with Gasteiger partial charge in [-0.05, 0) is 210 Å². The van der Waals surface area contributed by atoms with E-state index in [9.17, 15) is 0 Å². The van der Waals surface area contributed by atoms with E-state index in [4.69, 9.17) is 0 Å². The Labute approximate surface area is 631 Å². The molecule has 0 amide bonds. The summed E-state index contributed by atoms with van der Waals surface area (Å²) < 4.78 is 2.57. The SMILES string of the molecule is c1ccc(-c2ccc(N3c4cc(-n5c6ccccc6c6ccccc65)cc5c4B(c4c3ccc3c4-c4ccccc4C34c3ccccc3-c3ccccc34)c3c(ccc4c3C3(c6ccccc6-c6ccccc63)c3ccccc3-4)N5c3cccc4c3C3(c5ccccc5-c5ccccc53)c3ccccc3-4)cc2)cc1. The van der Waals surface area contributed by atoms with E-state index in [0.29, 0.717) is 0 Å². The van der Waals surface area contributed by atoms with Crippen molar-refractivity contribution in [3.05, 3.63) is 443 Å². The van der Waals surface area contributed by atoms with Crippen LogP contribution in [-0.2, 0) is 16.2 Å². The second-order valence-corrected chi connectivity index (χ2v) is 31.0. The van der Waals surface area contributed by atoms with Gasteiger partial charge in [0.25, 0.3) is 6.71 Å². The molecule has 8 aliphatic rings. The van der Waals surface area contributed by atoms with Gasteiger partial charge in [-0.25, -0.2) is 0 Å². The van der Waals surface area contributed by atoms with Crippen molar-refractivity contribution in [3.63, 3.8) is 0 Å². The van der Waals surface area contributed by atoms with E-state index in [-0.39, 0.29) is 6.71 Å². The Balaban J connectivity index is 0.885. The molecule has 500 valence electrons. The molecule has 0 atom stereocenters. The van der Waals surface area contributed by atoms with Crippen molar-refractivity contribution in [2.75, 3.05) is 9.80 Å². The monoisotopic (exact) mass is 1380 g/mol. The third-order valence-corrected chi connectivity index (χ3v) is 26.6. The predicted octanol–water partition coefficient (Wildman–Crippen LogP) is 23.6. The number of hydrogen-bond acceptors (Lipinski definition) is 2. The molecule has 4 heteroatoms. The smallest absolute Gasteiger partial charge is 0.253 e. The van der Waals surface area contributed by atoms with Gasteiger partial charge < -0.3 is 14.4 Å². The Kier molecular flexibility index (Phi) is 11.2. The van der Waals surface area contributed by atoms with Crippen molar-refractivity contribution < 1.29 is 0 Å². The summed E-state index contributed by atoms with van der Waals surface area (Å²) in [4.78, 5) is 5.53. The van der Waals surface area contributed by atoms with Crippen LogP contribution in [0, 0.1) is 0 Å². The number of aromatic nitrogens is 1. The molecule has 0 saturated heterocycles. The van der Waals surface area contributed by atoms with E-state index in [0.717, 1.165) is 39.5 Å². The van der Waals surface area contributed by atoms with E-state index >= 15 is 0 Å². The van der Waals surface area contributed by atoms with Crippen molar-refractivity contribution in [2.45, 2.75) is 16.2 Å². The maximum atomic E-state index is 2.82. The zero-order valence-electron chi connectivity index (χ0n) is 59.2. The van der Waals surface area contributed by atoms with Crippen LogP contribution < -0.4 is 26.2 Å². The third kappa shape index (κ3) is 6.88. The van der Waals surface area contributed by atoms with Gasteiger partial charge in [-0.2, -0.15) is 0 Å². The highest BCUT2D eigenvalue weighted by atomic mass is 15.2. The van der Waals surface area contributed by atoms with Crippen LogP contribution >= 0.6 is 0 Å². The van der Waals surface area contributed by atoms with Crippen LogP contribution in [0.1, 0.15) is 66.8 Å². The first-order valence-electron chi connectivity index (χ1n) is 38.4. The minimum Gasteiger partial charge on any atom is -0.311 e. The highest BCUT2D eigenvalue weighted by Gasteiger charge is 2.61. The van der Waals surface area contributed by atoms with Gasteiger partial charge in [0.2, 0.25) is 0 Å². The highest BCUT2D eigenvalue weighted by Crippen LogP contribution is 2.69. The van der Waals surface area contributed by atoms with Crippen molar-refractivity contribution in [2.24, 2.45) is 0 Å². The van der Waals surface area contributed by atoms with Crippen LogP contribution in [0.5, 0.6) is 0 Å². The number of rotatable bonds is 4. The van der Waals surface area contributed by atoms with Crippen molar-refractivity contribution >= 4 is 79.0 Å². The van der Waals surface area contributed by atoms with Crippen LogP contribution in [0.3, 0.4) is 0 Å². The number of benzene rings is 17. The second kappa shape index (κ2) is 20.8. The van der Waals surface area contributed by atoms with E-state index in [2.05, 4.69) is 390 Å². The molecular formula is C105H62BN3. The van der Waals surface area contributed by atoms with Crippen molar-refractivity contribution in [1.29, 1.82) is 0 Å². The van der Waals surface area contributed by atoms with Crippen LogP contribution in [0.25, 0.3) is 105 Å². The Morgan fingerprint density at radius 3 is 1.07 bits per heavy atom. The molecule has 1 aromatic heterocycles. The summed E-state index contributed by atoms with van der Waals surface area (Å²) in [6, 6.07) is 146. The molecule has 18 aromatic rings. The average molecular weight is 1380 g/mol. The van der Waals surface area contributed by atoms with Gasteiger partial charge in [0, 0.05) is 44.8 Å². The standard InChI is InChI=1S/C105H62BN3/c1-2-27-63(28-3-1)64-53-55-65(56-54-64)107-93-60-58-89-97(79-39-12-23-49-88(79)103(89)80-41-15-4-29-67(80)68-30-5-16-42-81(68)103)101(93)106-100-95(107)61-66(108-90-50-24-13-37-75(90)76-38-14-25-51-91(76)108)62-96(100)109(92-52-26-40-77-73-35-10-21-47-86(73)104(98(77)92)82-43-17-6-31-69(82)70-32-7-18-44-83(70)104)94-59-57-78-74-36-11-22-48-87(74)105(99(78)102(94)106)84-45-19-8-33-71(84)72-34-9-20-46-85(72)105/h1-62H. The number of anilines is 6. The molecule has 17 aromatic carbocycles. The summed E-state index contributed by atoms with van der Waals surface area (Å²) in [6.45, 7) is -0.375. The van der Waals surface area contributed by atoms with Gasteiger partial charge in [0.1, 0.15) is 0 Å². The predicted molar refractivity (Wildman–Crippen MR) is 449 cm³/mol. The summed E-state index contributed by atoms with van der Waals surface area (Å²) in [5, 5.41) is 2.44. The third-order valence-electron chi connectivity index (χ3n) is 26.6. The lowest BCUT2D eigenvalue weighted by atomic mass is 9.31. The maximum Gasteiger partial charge on any atom is 0.253 e. The first kappa shape index (κ1) is 58.5. The van der Waals surface area contributed by atoms with Gasteiger partial charge in [0.15, 0.2) is 0 Å². The van der Waals surface area contributed by atoms with Gasteiger partial charge in [-0.3, -0.25) is 0 Å². The fraction of sp³-hybridized carbons (Fsp3) is 0.0286. The lowest BCUT2D eigenvalue weighted by Gasteiger charge is -2.48. The molecule has 3 heterocycles. The van der Waals surface area contributed by atoms with E-state index in [1.807, 2.05) is 0 Å². The summed E-state index contributed by atoms with van der Waals surface area (Å²) >= 11 is 0. The fourth-order valence-electron chi connectivity index (χ4n) is 23.0. The van der Waals surface area contributed by atoms with Gasteiger partial charge in [-0.15, -0.1) is 0 Å². The van der Waals surface area contributed by atoms with Crippen LogP contribution in [0.4, 0.5) is 34.1 Å². The molecule has 0 unspecified atom stereocenters. The summed E-state index contributed by atoms with van der Waals surface area (Å²) in [5.41, 5.74) is 45.7. The number of nitrogens with zero attached hydrogens (tertiary/aromatic N) is 3. The maximum absolute atomic E-state index is 2.82. The number of para-hydroxylation sites is 2. The number of fused-ring (bicyclic) bond motifs is 39. The molecule has 0 saturated carbocycles. The molecular weight excluding hydrogens is 1310 g/mol. The summed E-state index contributed by atoms with van der Waals surface area (Å²) in [7, 11) is 0. The zero-order chi connectivity index (χ0) is 70.7. The van der Waals surface area contributed by atoms with Crippen molar-refractivity contribution in [1.82, 2.24) is 4.57 Å². The highest BCUT2D eigenvalue weighted by molar-refractivity contribution is 7.01. The van der Waals surface area contributed by atoms with Crippen LogP contribution in [0.2, 0.25) is 0 Å². The van der Waals surface area contributed by atoms with E-state index < -0.39 is 16.2 Å². The van der Waals surface area contributed by atoms with E-state index in [1.165, 1.54) is 183 Å². The summed E-state index contributed by atoms with van der Waals surface area (Å²) in [5.74, 6) is 0. The van der Waals surface area contributed by atoms with Crippen LogP contribution in [0.15, 0.2) is 376 Å². The first-order valence-corrected chi connectivity index (χ1v) is 38.4. The normalized spacial score (nSPS) is 15.0. The topological polar surface area (TPSA) is 11.4 Å². The molecule has 3 spiro atoms. The minimum atomic E-state index is -0.749. The van der Waals surface area contributed by atoms with Crippen LogP contribution in [-0.4, -0.2) is 11.3 Å². The van der Waals surface area contributed by atoms with Gasteiger partial charge in [0.05, 0.1) is 38.7 Å². The molecule has 0 N–H and O–H groups in total. The molecule has 3 nitrogen and oxygen atoms in total. The van der Waals surface area contributed by atoms with Crippen molar-refractivity contribution in [3.8, 4) is 83.6 Å². The Bertz CT molecular complexity index is 6930. The fourth-order valence-corrected chi connectivity index (χ4v) is 23.0. The minimum absolute atomic E-state index is 0.375. The van der Waals surface area contributed by atoms with Gasteiger partial charge >= 0.3 is 0 Å². The lowest BCUT2D eigenvalue weighted by Crippen LogP contribution is -2.63. The molecule has 0 fully saturated rings. The number of hydrogen-bond donors (Lipinski definition) is 0. The molecule has 26 rings (SSSR count). The molecule has 2 aliphatic heterocycles. The Morgan fingerprint density at radius 2 is 0.569 bits per heavy atom. The quantitative estimate of drug-likeness (QED) is 0.163. The first-order chi connectivity index (χ1) is 54.1. The lowest BCUT2D eigenvalue weighted by molar-refractivity contribution is 0.792. The molecule has 6 aliphatic carbocycles. The van der Waals surface area contributed by atoms with E-state index in [1.54, 1.807) is 0 Å².